The van der Waals surface area contributed by atoms with Gasteiger partial charge in [-0.2, -0.15) is 4.31 Å². The maximum Gasteiger partial charge on any atom is 0.324 e. The van der Waals surface area contributed by atoms with Crippen molar-refractivity contribution < 1.29 is 22.7 Å². The first-order valence-electron chi connectivity index (χ1n) is 9.81. The molecule has 1 saturated heterocycles. The number of aromatic nitrogens is 1. The van der Waals surface area contributed by atoms with Crippen molar-refractivity contribution in [1.82, 2.24) is 14.6 Å². The number of ether oxygens (including phenoxy) is 1. The number of nitrogens with zero attached hydrogens (tertiary/aromatic N) is 2. The van der Waals surface area contributed by atoms with Gasteiger partial charge in [0.05, 0.1) is 5.75 Å². The fourth-order valence-electron chi connectivity index (χ4n) is 3.33. The van der Waals surface area contributed by atoms with Crippen LogP contribution in [0.15, 0.2) is 54.9 Å². The van der Waals surface area contributed by atoms with Crippen LogP contribution in [0.5, 0.6) is 0 Å². The van der Waals surface area contributed by atoms with Gasteiger partial charge in [-0.25, -0.2) is 8.42 Å². The maximum atomic E-state index is 12.9. The number of hydrogen-bond acceptors (Lipinski definition) is 6. The minimum absolute atomic E-state index is 0.177. The minimum atomic E-state index is -3.69. The summed E-state index contributed by atoms with van der Waals surface area (Å²) in [6.07, 6.45) is 5.05. The molecule has 1 aromatic heterocycles. The lowest BCUT2D eigenvalue weighted by Gasteiger charge is -2.33. The van der Waals surface area contributed by atoms with Gasteiger partial charge in [0.15, 0.2) is 6.61 Å². The highest BCUT2D eigenvalue weighted by Gasteiger charge is 2.37. The molecule has 8 nitrogen and oxygen atoms in total. The van der Waals surface area contributed by atoms with Crippen molar-refractivity contribution in [1.29, 1.82) is 0 Å². The standard InChI is InChI=1S/C21H25N3O5S/c25-20(23-14-18-9-6-11-22-13-18)15-29-21(26)19-10-4-5-12-24(19)30(27,28)16-17-7-2-1-3-8-17/h1-3,6-9,11,13,19H,4-5,10,12,14-16H2,(H,23,25)/t19-/m0/s1. The average Bonchev–Trinajstić information content (AvgIpc) is 2.77. The van der Waals surface area contributed by atoms with Crippen LogP contribution in [0.1, 0.15) is 30.4 Å². The van der Waals surface area contributed by atoms with Gasteiger partial charge in [-0.05, 0) is 36.5 Å². The third-order valence-electron chi connectivity index (χ3n) is 4.83. The molecule has 0 radical (unpaired) electrons. The summed E-state index contributed by atoms with van der Waals surface area (Å²) in [7, 11) is -3.69. The SMILES string of the molecule is O=C(COC(=O)[C@@H]1CCCCN1S(=O)(=O)Cc1ccccc1)NCc1cccnc1. The molecule has 160 valence electrons. The maximum absolute atomic E-state index is 12.9. The van der Waals surface area contributed by atoms with E-state index in [0.29, 0.717) is 18.4 Å². The molecular weight excluding hydrogens is 406 g/mol. The lowest BCUT2D eigenvalue weighted by Crippen LogP contribution is -2.49. The predicted molar refractivity (Wildman–Crippen MR) is 110 cm³/mol. The first-order chi connectivity index (χ1) is 14.5. The summed E-state index contributed by atoms with van der Waals surface area (Å²) >= 11 is 0. The summed E-state index contributed by atoms with van der Waals surface area (Å²) in [4.78, 5) is 28.5. The second-order valence-corrected chi connectivity index (χ2v) is 9.03. The van der Waals surface area contributed by atoms with E-state index in [1.165, 1.54) is 4.31 Å². The van der Waals surface area contributed by atoms with E-state index in [1.807, 2.05) is 12.1 Å². The zero-order valence-corrected chi connectivity index (χ0v) is 17.4. The molecule has 9 heteroatoms. The highest BCUT2D eigenvalue weighted by Crippen LogP contribution is 2.24. The summed E-state index contributed by atoms with van der Waals surface area (Å²) in [5.41, 5.74) is 1.48. The molecule has 0 spiro atoms. The van der Waals surface area contributed by atoms with Gasteiger partial charge in [-0.3, -0.25) is 14.6 Å². The Labute approximate surface area is 176 Å². The lowest BCUT2D eigenvalue weighted by atomic mass is 10.1. The highest BCUT2D eigenvalue weighted by molar-refractivity contribution is 7.88. The average molecular weight is 432 g/mol. The van der Waals surface area contributed by atoms with E-state index < -0.39 is 34.5 Å². The molecule has 0 bridgehead atoms. The summed E-state index contributed by atoms with van der Waals surface area (Å²) in [5, 5.41) is 2.64. The quantitative estimate of drug-likeness (QED) is 0.637. The van der Waals surface area contributed by atoms with Crippen LogP contribution in [0.4, 0.5) is 0 Å². The van der Waals surface area contributed by atoms with Crippen LogP contribution >= 0.6 is 0 Å². The summed E-state index contributed by atoms with van der Waals surface area (Å²) in [6.45, 7) is 0.0789. The van der Waals surface area contributed by atoms with Crippen LogP contribution < -0.4 is 5.32 Å². The smallest absolute Gasteiger partial charge is 0.324 e. The van der Waals surface area contributed by atoms with Crippen LogP contribution in [-0.2, 0) is 36.6 Å². The molecular formula is C21H25N3O5S. The number of carbonyl (C=O) groups excluding carboxylic acids is 2. The fourth-order valence-corrected chi connectivity index (χ4v) is 5.09. The second kappa shape index (κ2) is 10.3. The number of benzene rings is 1. The van der Waals surface area contributed by atoms with Gasteiger partial charge in [0.25, 0.3) is 5.91 Å². The Hall–Kier alpha value is -2.78. The highest BCUT2D eigenvalue weighted by atomic mass is 32.2. The number of carbonyl (C=O) groups is 2. The third kappa shape index (κ3) is 6.11. The van der Waals surface area contributed by atoms with Crippen LogP contribution in [0, 0.1) is 0 Å². The van der Waals surface area contributed by atoms with Gasteiger partial charge in [0.1, 0.15) is 6.04 Å². The number of sulfonamides is 1. The first-order valence-corrected chi connectivity index (χ1v) is 11.4. The largest absolute Gasteiger partial charge is 0.454 e. The molecule has 0 saturated carbocycles. The molecule has 1 atom stereocenters. The number of rotatable bonds is 8. The Morgan fingerprint density at radius 2 is 1.87 bits per heavy atom. The van der Waals surface area contributed by atoms with Crippen molar-refractivity contribution in [3.8, 4) is 0 Å². The van der Waals surface area contributed by atoms with Crippen LogP contribution in [-0.4, -0.2) is 48.8 Å². The molecule has 1 fully saturated rings. The molecule has 1 N–H and O–H groups in total. The fraction of sp³-hybridized carbons (Fsp3) is 0.381. The number of hydrogen-bond donors (Lipinski definition) is 1. The van der Waals surface area contributed by atoms with Crippen LogP contribution in [0.25, 0.3) is 0 Å². The zero-order chi connectivity index (χ0) is 21.4. The van der Waals surface area contributed by atoms with Crippen molar-refractivity contribution in [2.24, 2.45) is 0 Å². The van der Waals surface area contributed by atoms with Crippen molar-refractivity contribution in [3.05, 3.63) is 66.0 Å². The predicted octanol–water partition coefficient (Wildman–Crippen LogP) is 1.63. The number of amides is 1. The molecule has 3 rings (SSSR count). The minimum Gasteiger partial charge on any atom is -0.454 e. The summed E-state index contributed by atoms with van der Waals surface area (Å²) in [6, 6.07) is 11.5. The van der Waals surface area contributed by atoms with Crippen molar-refractivity contribution in [2.45, 2.75) is 37.6 Å². The zero-order valence-electron chi connectivity index (χ0n) is 16.6. The topological polar surface area (TPSA) is 106 Å². The second-order valence-electron chi connectivity index (χ2n) is 7.11. The Morgan fingerprint density at radius 1 is 1.10 bits per heavy atom. The molecule has 2 heterocycles. The summed E-state index contributed by atoms with van der Waals surface area (Å²) in [5.74, 6) is -1.33. The lowest BCUT2D eigenvalue weighted by molar-refractivity contribution is -0.153. The molecule has 0 aliphatic carbocycles. The first kappa shape index (κ1) is 21.9. The van der Waals surface area contributed by atoms with Crippen LogP contribution in [0.2, 0.25) is 0 Å². The van der Waals surface area contributed by atoms with Gasteiger partial charge in [-0.1, -0.05) is 36.4 Å². The molecule has 1 amide bonds. The molecule has 30 heavy (non-hydrogen) atoms. The van der Waals surface area contributed by atoms with Crippen molar-refractivity contribution >= 4 is 21.9 Å². The molecule has 2 aromatic rings. The van der Waals surface area contributed by atoms with E-state index in [0.717, 1.165) is 12.0 Å². The Bertz CT molecular complexity index is 951. The summed E-state index contributed by atoms with van der Waals surface area (Å²) < 4.78 is 32.2. The van der Waals surface area contributed by atoms with Gasteiger partial charge in [-0.15, -0.1) is 0 Å². The van der Waals surface area contributed by atoms with E-state index in [9.17, 15) is 18.0 Å². The van der Waals surface area contributed by atoms with E-state index >= 15 is 0 Å². The molecule has 0 unspecified atom stereocenters. The normalized spacial score (nSPS) is 17.3. The van der Waals surface area contributed by atoms with Crippen molar-refractivity contribution in [3.63, 3.8) is 0 Å². The van der Waals surface area contributed by atoms with E-state index in [1.54, 1.807) is 42.7 Å². The number of pyridine rings is 1. The van der Waals surface area contributed by atoms with Crippen LogP contribution in [0.3, 0.4) is 0 Å². The van der Waals surface area contributed by atoms with Gasteiger partial charge >= 0.3 is 5.97 Å². The molecule has 1 aliphatic rings. The Balaban J connectivity index is 1.55. The number of esters is 1. The number of nitrogens with one attached hydrogen (secondary N) is 1. The van der Waals surface area contributed by atoms with Gasteiger partial charge in [0, 0.05) is 25.5 Å². The Morgan fingerprint density at radius 3 is 2.60 bits per heavy atom. The molecule has 1 aromatic carbocycles. The Kier molecular flexibility index (Phi) is 7.53. The van der Waals surface area contributed by atoms with E-state index in [4.69, 9.17) is 4.74 Å². The number of piperidine rings is 1. The van der Waals surface area contributed by atoms with Gasteiger partial charge in [0.2, 0.25) is 10.0 Å². The van der Waals surface area contributed by atoms with E-state index in [-0.39, 0.29) is 18.8 Å². The van der Waals surface area contributed by atoms with Crippen molar-refractivity contribution in [2.75, 3.05) is 13.2 Å². The van der Waals surface area contributed by atoms with E-state index in [2.05, 4.69) is 10.3 Å². The van der Waals surface area contributed by atoms with Gasteiger partial charge < -0.3 is 10.1 Å². The third-order valence-corrected chi connectivity index (χ3v) is 6.68. The molecule has 1 aliphatic heterocycles. The monoisotopic (exact) mass is 431 g/mol.